The zero-order chi connectivity index (χ0) is 23.4. The first-order valence-corrected chi connectivity index (χ1v) is 11.2. The number of amides is 1. The number of benzene rings is 3. The highest BCUT2D eigenvalue weighted by molar-refractivity contribution is 5.86. The van der Waals surface area contributed by atoms with E-state index in [0.717, 1.165) is 38.9 Å². The molecule has 1 aromatic heterocycles. The van der Waals surface area contributed by atoms with Gasteiger partial charge in [-0.25, -0.2) is 0 Å². The smallest absolute Gasteiger partial charge is 0.261 e. The van der Waals surface area contributed by atoms with Crippen LogP contribution in [0.4, 0.5) is 0 Å². The number of H-pyrrole nitrogens is 1. The van der Waals surface area contributed by atoms with Gasteiger partial charge in [-0.05, 0) is 67.8 Å². The summed E-state index contributed by atoms with van der Waals surface area (Å²) in [5.74, 6) is 1.43. The molecule has 33 heavy (non-hydrogen) atoms. The number of aromatic amines is 1. The molecule has 1 amide bonds. The van der Waals surface area contributed by atoms with E-state index in [2.05, 4.69) is 17.1 Å². The molecular weight excluding hydrogens is 412 g/mol. The van der Waals surface area contributed by atoms with Crippen LogP contribution in [0.15, 0.2) is 72.9 Å². The van der Waals surface area contributed by atoms with Gasteiger partial charge in [0.2, 0.25) is 0 Å². The molecule has 0 saturated carbocycles. The molecule has 170 valence electrons. The minimum atomic E-state index is -0.257. The molecule has 0 unspecified atom stereocenters. The van der Waals surface area contributed by atoms with Gasteiger partial charge < -0.3 is 19.4 Å². The first kappa shape index (κ1) is 22.5. The number of nitrogens with zero attached hydrogens (tertiary/aromatic N) is 1. The van der Waals surface area contributed by atoms with Gasteiger partial charge in [-0.2, -0.15) is 0 Å². The number of hydrogen-bond donors (Lipinski definition) is 1. The van der Waals surface area contributed by atoms with Gasteiger partial charge in [0, 0.05) is 29.2 Å². The number of rotatable bonds is 8. The molecule has 0 saturated heterocycles. The molecule has 0 aliphatic rings. The highest BCUT2D eigenvalue weighted by Crippen LogP contribution is 2.34. The number of para-hydroxylation sites is 1. The second-order valence-corrected chi connectivity index (χ2v) is 8.26. The Bertz CT molecular complexity index is 1220. The molecule has 0 aliphatic heterocycles. The van der Waals surface area contributed by atoms with Crippen molar-refractivity contribution in [3.63, 3.8) is 0 Å². The summed E-state index contributed by atoms with van der Waals surface area (Å²) in [5.41, 5.74) is 5.33. The van der Waals surface area contributed by atoms with Gasteiger partial charge in [-0.3, -0.25) is 4.79 Å². The fourth-order valence-electron chi connectivity index (χ4n) is 4.38. The van der Waals surface area contributed by atoms with Crippen molar-refractivity contribution in [1.29, 1.82) is 0 Å². The molecule has 4 aromatic rings. The summed E-state index contributed by atoms with van der Waals surface area (Å²) < 4.78 is 11.3. The molecule has 4 rings (SSSR count). The van der Waals surface area contributed by atoms with Crippen LogP contribution in [0.2, 0.25) is 0 Å². The minimum Gasteiger partial charge on any atom is -0.497 e. The predicted molar refractivity (Wildman–Crippen MR) is 132 cm³/mol. The number of aromatic nitrogens is 1. The van der Waals surface area contributed by atoms with Crippen molar-refractivity contribution < 1.29 is 14.3 Å². The normalized spacial score (nSPS) is 11.9. The Balaban J connectivity index is 1.68. The maximum Gasteiger partial charge on any atom is 0.261 e. The number of aryl methyl sites for hydroxylation is 2. The van der Waals surface area contributed by atoms with Gasteiger partial charge in [0.15, 0.2) is 6.61 Å². The summed E-state index contributed by atoms with van der Waals surface area (Å²) in [6.07, 6.45) is 2.00. The Morgan fingerprint density at radius 1 is 0.970 bits per heavy atom. The number of nitrogens with one attached hydrogen (secondary N) is 1. The van der Waals surface area contributed by atoms with Crippen LogP contribution in [-0.2, 0) is 4.79 Å². The molecular formula is C28H30N2O3. The fraction of sp³-hybridized carbons (Fsp3) is 0.250. The van der Waals surface area contributed by atoms with E-state index in [4.69, 9.17) is 9.47 Å². The Labute approximate surface area is 195 Å². The van der Waals surface area contributed by atoms with Crippen LogP contribution in [0.5, 0.6) is 11.5 Å². The summed E-state index contributed by atoms with van der Waals surface area (Å²) in [7, 11) is 1.65. The third-order valence-corrected chi connectivity index (χ3v) is 5.88. The van der Waals surface area contributed by atoms with Crippen molar-refractivity contribution in [3.8, 4) is 11.5 Å². The average Bonchev–Trinajstić information content (AvgIpc) is 3.24. The highest BCUT2D eigenvalue weighted by atomic mass is 16.5. The molecule has 0 spiro atoms. The highest BCUT2D eigenvalue weighted by Gasteiger charge is 2.28. The fourth-order valence-corrected chi connectivity index (χ4v) is 4.38. The van der Waals surface area contributed by atoms with Crippen molar-refractivity contribution in [2.45, 2.75) is 26.8 Å². The lowest BCUT2D eigenvalue weighted by Crippen LogP contribution is -2.38. The van der Waals surface area contributed by atoms with E-state index in [1.54, 1.807) is 7.11 Å². The van der Waals surface area contributed by atoms with Gasteiger partial charge in [0.1, 0.15) is 11.5 Å². The van der Waals surface area contributed by atoms with Crippen molar-refractivity contribution >= 4 is 16.8 Å². The van der Waals surface area contributed by atoms with Crippen molar-refractivity contribution in [1.82, 2.24) is 9.88 Å². The molecule has 0 fully saturated rings. The molecule has 0 radical (unpaired) electrons. The number of methoxy groups -OCH3 is 1. The van der Waals surface area contributed by atoms with E-state index in [-0.39, 0.29) is 18.6 Å². The first-order valence-electron chi connectivity index (χ1n) is 11.2. The summed E-state index contributed by atoms with van der Waals surface area (Å²) >= 11 is 0. The van der Waals surface area contributed by atoms with Crippen LogP contribution in [0.25, 0.3) is 10.9 Å². The first-order chi connectivity index (χ1) is 16.0. The Hall–Kier alpha value is -3.73. The molecule has 1 heterocycles. The summed E-state index contributed by atoms with van der Waals surface area (Å²) in [4.78, 5) is 18.7. The minimum absolute atomic E-state index is 0.0221. The Morgan fingerprint density at radius 3 is 2.33 bits per heavy atom. The molecule has 5 nitrogen and oxygen atoms in total. The zero-order valence-electron chi connectivity index (χ0n) is 19.6. The average molecular weight is 443 g/mol. The van der Waals surface area contributed by atoms with Crippen molar-refractivity contribution in [2.24, 2.45) is 0 Å². The predicted octanol–water partition coefficient (Wildman–Crippen LogP) is 5.81. The van der Waals surface area contributed by atoms with Crippen LogP contribution in [-0.4, -0.2) is 36.1 Å². The van der Waals surface area contributed by atoms with Gasteiger partial charge in [0.25, 0.3) is 5.91 Å². The van der Waals surface area contributed by atoms with E-state index in [9.17, 15) is 4.79 Å². The lowest BCUT2D eigenvalue weighted by atomic mass is 9.96. The number of hydrogen-bond acceptors (Lipinski definition) is 3. The second-order valence-electron chi connectivity index (χ2n) is 8.26. The Morgan fingerprint density at radius 2 is 1.67 bits per heavy atom. The third-order valence-electron chi connectivity index (χ3n) is 5.88. The molecule has 1 N–H and O–H groups in total. The monoisotopic (exact) mass is 442 g/mol. The topological polar surface area (TPSA) is 54.6 Å². The Kier molecular flexibility index (Phi) is 6.68. The van der Waals surface area contributed by atoms with E-state index >= 15 is 0 Å². The quantitative estimate of drug-likeness (QED) is 0.375. The lowest BCUT2D eigenvalue weighted by molar-refractivity contribution is -0.134. The van der Waals surface area contributed by atoms with E-state index in [1.807, 2.05) is 86.5 Å². The van der Waals surface area contributed by atoms with Crippen LogP contribution in [0.1, 0.15) is 35.2 Å². The van der Waals surface area contributed by atoms with Crippen molar-refractivity contribution in [2.75, 3.05) is 20.3 Å². The maximum atomic E-state index is 13.5. The van der Waals surface area contributed by atoms with Gasteiger partial charge in [0.05, 0.1) is 13.2 Å². The molecule has 5 heteroatoms. The van der Waals surface area contributed by atoms with E-state index in [0.29, 0.717) is 12.3 Å². The van der Waals surface area contributed by atoms with Crippen LogP contribution >= 0.6 is 0 Å². The second kappa shape index (κ2) is 9.82. The van der Waals surface area contributed by atoms with Gasteiger partial charge in [-0.15, -0.1) is 0 Å². The maximum absolute atomic E-state index is 13.5. The standard InChI is InChI=1S/C28H30N2O3/c1-5-30(27(31)18-33-23-15-19(2)14-20(3)16-23)28(21-10-12-22(32-4)13-11-21)25-17-29-26-9-7-6-8-24(25)26/h6-17,28-29H,5,18H2,1-4H3/t28-/m1/s1. The lowest BCUT2D eigenvalue weighted by Gasteiger charge is -2.31. The number of ether oxygens (including phenoxy) is 2. The van der Waals surface area contributed by atoms with Gasteiger partial charge in [-0.1, -0.05) is 36.4 Å². The number of carbonyl (C=O) groups is 1. The van der Waals surface area contributed by atoms with E-state index in [1.165, 1.54) is 0 Å². The molecule has 0 bridgehead atoms. The third kappa shape index (κ3) is 4.87. The zero-order valence-corrected chi connectivity index (χ0v) is 19.6. The van der Waals surface area contributed by atoms with Crippen LogP contribution in [0.3, 0.4) is 0 Å². The molecule has 3 aromatic carbocycles. The van der Waals surface area contributed by atoms with Gasteiger partial charge >= 0.3 is 0 Å². The number of fused-ring (bicyclic) bond motifs is 1. The van der Waals surface area contributed by atoms with E-state index < -0.39 is 0 Å². The summed E-state index contributed by atoms with van der Waals surface area (Å²) in [6, 6.07) is 21.8. The summed E-state index contributed by atoms with van der Waals surface area (Å²) in [5, 5.41) is 1.10. The number of carbonyl (C=O) groups excluding carboxylic acids is 1. The molecule has 0 aliphatic carbocycles. The SMILES string of the molecule is CCN(C(=O)COc1cc(C)cc(C)c1)[C@H](c1ccc(OC)cc1)c1c[nH]c2ccccc12. The summed E-state index contributed by atoms with van der Waals surface area (Å²) in [6.45, 7) is 6.57. The van der Waals surface area contributed by atoms with Crippen molar-refractivity contribution in [3.05, 3.63) is 95.2 Å². The van der Waals surface area contributed by atoms with Crippen LogP contribution in [0, 0.1) is 13.8 Å². The number of likely N-dealkylation sites (N-methyl/N-ethyl adjacent to an activating group) is 1. The largest absolute Gasteiger partial charge is 0.497 e. The van der Waals surface area contributed by atoms with Crippen LogP contribution < -0.4 is 9.47 Å². The molecule has 1 atom stereocenters.